The van der Waals surface area contributed by atoms with Crippen LogP contribution in [0.15, 0.2) is 24.4 Å². The first kappa shape index (κ1) is 16.9. The Labute approximate surface area is 140 Å². The molecule has 0 radical (unpaired) electrons. The van der Waals surface area contributed by atoms with Gasteiger partial charge in [0.15, 0.2) is 0 Å². The van der Waals surface area contributed by atoms with Gasteiger partial charge in [0.05, 0.1) is 24.3 Å². The average Bonchev–Trinajstić information content (AvgIpc) is 2.62. The summed E-state index contributed by atoms with van der Waals surface area (Å²) in [5.74, 6) is 1.02. The summed E-state index contributed by atoms with van der Waals surface area (Å²) in [7, 11) is 1.60. The number of hydrogen-bond acceptors (Lipinski definition) is 6. The second-order valence-electron chi connectivity index (χ2n) is 6.10. The molecule has 0 saturated carbocycles. The van der Waals surface area contributed by atoms with Gasteiger partial charge in [-0.15, -0.1) is 0 Å². The highest BCUT2D eigenvalue weighted by molar-refractivity contribution is 5.76. The van der Waals surface area contributed by atoms with Crippen LogP contribution in [0, 0.1) is 0 Å². The van der Waals surface area contributed by atoms with Crippen molar-refractivity contribution in [2.45, 2.75) is 25.0 Å². The third-order valence-corrected chi connectivity index (χ3v) is 4.28. The Bertz CT molecular complexity index is 677. The van der Waals surface area contributed by atoms with Crippen molar-refractivity contribution in [3.63, 3.8) is 0 Å². The number of piperidine rings is 1. The van der Waals surface area contributed by atoms with Gasteiger partial charge in [0.25, 0.3) is 0 Å². The molecule has 1 aliphatic rings. The van der Waals surface area contributed by atoms with E-state index in [0.29, 0.717) is 23.7 Å². The molecule has 1 aromatic heterocycles. The van der Waals surface area contributed by atoms with E-state index in [9.17, 15) is 4.39 Å². The summed E-state index contributed by atoms with van der Waals surface area (Å²) in [6, 6.07) is 5.69. The molecule has 2 N–H and O–H groups in total. The molecule has 1 aromatic carbocycles. The van der Waals surface area contributed by atoms with Crippen molar-refractivity contribution in [3.8, 4) is 11.6 Å². The maximum Gasteiger partial charge on any atom is 0.233 e. The van der Waals surface area contributed by atoms with Gasteiger partial charge in [0.1, 0.15) is 18.5 Å². The molecule has 24 heavy (non-hydrogen) atoms. The first-order valence-electron chi connectivity index (χ1n) is 8.19. The Hall–Kier alpha value is -1.99. The van der Waals surface area contributed by atoms with Crippen molar-refractivity contribution in [2.75, 3.05) is 33.4 Å². The summed E-state index contributed by atoms with van der Waals surface area (Å²) >= 11 is 0. The van der Waals surface area contributed by atoms with Crippen LogP contribution in [-0.4, -0.2) is 60.4 Å². The number of methoxy groups -OCH3 is 1. The predicted octanol–water partition coefficient (Wildman–Crippen LogP) is 1.78. The maximum absolute atomic E-state index is 13.4. The molecule has 2 aromatic rings. The summed E-state index contributed by atoms with van der Waals surface area (Å²) in [6.07, 6.45) is 2.85. The number of fused-ring (bicyclic) bond motifs is 1. The van der Waals surface area contributed by atoms with Crippen molar-refractivity contribution < 1.29 is 13.9 Å². The predicted molar refractivity (Wildman–Crippen MR) is 90.1 cm³/mol. The fourth-order valence-corrected chi connectivity index (χ4v) is 2.87. The Morgan fingerprint density at radius 3 is 2.83 bits per heavy atom. The number of alkyl halides is 1. The van der Waals surface area contributed by atoms with Gasteiger partial charge >= 0.3 is 0 Å². The van der Waals surface area contributed by atoms with Gasteiger partial charge in [-0.05, 0) is 38.1 Å². The lowest BCUT2D eigenvalue weighted by atomic mass is 10.1. The SMILES string of the molecule is COc1ccc2ncc(OC(CF)CN3CCC(N)CC3)nc2c1. The van der Waals surface area contributed by atoms with Crippen LogP contribution in [0.4, 0.5) is 4.39 Å². The van der Waals surface area contributed by atoms with E-state index in [0.717, 1.165) is 31.4 Å². The van der Waals surface area contributed by atoms with Gasteiger partial charge in [-0.2, -0.15) is 0 Å². The van der Waals surface area contributed by atoms with Crippen molar-refractivity contribution >= 4 is 11.0 Å². The van der Waals surface area contributed by atoms with Crippen molar-refractivity contribution in [3.05, 3.63) is 24.4 Å². The monoisotopic (exact) mass is 334 g/mol. The van der Waals surface area contributed by atoms with Crippen molar-refractivity contribution in [1.29, 1.82) is 0 Å². The summed E-state index contributed by atoms with van der Waals surface area (Å²) < 4.78 is 24.3. The number of halogens is 1. The van der Waals surface area contributed by atoms with Crippen molar-refractivity contribution in [2.24, 2.45) is 5.73 Å². The largest absolute Gasteiger partial charge is 0.497 e. The Kier molecular flexibility index (Phi) is 5.42. The summed E-state index contributed by atoms with van der Waals surface area (Å²) in [5, 5.41) is 0. The summed E-state index contributed by atoms with van der Waals surface area (Å²) in [5.41, 5.74) is 7.30. The summed E-state index contributed by atoms with van der Waals surface area (Å²) in [6.45, 7) is 1.71. The molecule has 0 aliphatic carbocycles. The highest BCUT2D eigenvalue weighted by Crippen LogP contribution is 2.20. The molecule has 0 amide bonds. The normalized spacial score (nSPS) is 17.8. The van der Waals surface area contributed by atoms with Gasteiger partial charge in [0, 0.05) is 18.7 Å². The quantitative estimate of drug-likeness (QED) is 0.868. The molecular formula is C17H23FN4O2. The lowest BCUT2D eigenvalue weighted by Crippen LogP contribution is -2.44. The molecule has 130 valence electrons. The highest BCUT2D eigenvalue weighted by atomic mass is 19.1. The Morgan fingerprint density at radius 2 is 2.12 bits per heavy atom. The smallest absolute Gasteiger partial charge is 0.233 e. The maximum atomic E-state index is 13.4. The topological polar surface area (TPSA) is 73.5 Å². The zero-order valence-corrected chi connectivity index (χ0v) is 13.8. The lowest BCUT2D eigenvalue weighted by molar-refractivity contribution is 0.0919. The molecular weight excluding hydrogens is 311 g/mol. The van der Waals surface area contributed by atoms with E-state index in [4.69, 9.17) is 15.2 Å². The van der Waals surface area contributed by atoms with Crippen LogP contribution in [0.2, 0.25) is 0 Å². The molecule has 2 heterocycles. The third-order valence-electron chi connectivity index (χ3n) is 4.28. The van der Waals surface area contributed by atoms with E-state index < -0.39 is 12.8 Å². The second kappa shape index (κ2) is 7.72. The van der Waals surface area contributed by atoms with Gasteiger partial charge in [0.2, 0.25) is 5.88 Å². The van der Waals surface area contributed by atoms with Crippen LogP contribution < -0.4 is 15.2 Å². The van der Waals surface area contributed by atoms with E-state index in [-0.39, 0.29) is 6.04 Å². The molecule has 0 bridgehead atoms. The number of nitrogens with two attached hydrogens (primary N) is 1. The van der Waals surface area contributed by atoms with E-state index in [2.05, 4.69) is 14.9 Å². The Morgan fingerprint density at radius 1 is 1.33 bits per heavy atom. The third kappa shape index (κ3) is 4.10. The van der Waals surface area contributed by atoms with E-state index in [1.807, 2.05) is 12.1 Å². The molecule has 3 rings (SSSR count). The van der Waals surface area contributed by atoms with Gasteiger partial charge in [-0.1, -0.05) is 0 Å². The fraction of sp³-hybridized carbons (Fsp3) is 0.529. The van der Waals surface area contributed by atoms with Crippen LogP contribution >= 0.6 is 0 Å². The van der Waals surface area contributed by atoms with Gasteiger partial charge < -0.3 is 15.2 Å². The minimum atomic E-state index is -0.569. The lowest BCUT2D eigenvalue weighted by Gasteiger charge is -2.32. The van der Waals surface area contributed by atoms with Crippen LogP contribution in [-0.2, 0) is 0 Å². The minimum absolute atomic E-state index is 0.257. The van der Waals surface area contributed by atoms with Crippen LogP contribution in [0.1, 0.15) is 12.8 Å². The second-order valence-corrected chi connectivity index (χ2v) is 6.10. The molecule has 0 spiro atoms. The molecule has 6 nitrogen and oxygen atoms in total. The van der Waals surface area contributed by atoms with Crippen molar-refractivity contribution in [1.82, 2.24) is 14.9 Å². The fourth-order valence-electron chi connectivity index (χ4n) is 2.87. The zero-order valence-electron chi connectivity index (χ0n) is 13.8. The van der Waals surface area contributed by atoms with E-state index in [1.54, 1.807) is 13.2 Å². The molecule has 1 atom stereocenters. The number of aromatic nitrogens is 2. The number of nitrogens with zero attached hydrogens (tertiary/aromatic N) is 3. The number of ether oxygens (including phenoxy) is 2. The first-order valence-corrected chi connectivity index (χ1v) is 8.19. The Balaban J connectivity index is 1.67. The highest BCUT2D eigenvalue weighted by Gasteiger charge is 2.21. The first-order chi connectivity index (χ1) is 11.7. The van der Waals surface area contributed by atoms with Crippen LogP contribution in [0.5, 0.6) is 11.6 Å². The molecule has 7 heteroatoms. The molecule has 1 unspecified atom stereocenters. The van der Waals surface area contributed by atoms with Gasteiger partial charge in [-0.25, -0.2) is 14.4 Å². The summed E-state index contributed by atoms with van der Waals surface area (Å²) in [4.78, 5) is 10.9. The zero-order chi connectivity index (χ0) is 16.9. The molecule has 1 saturated heterocycles. The average molecular weight is 334 g/mol. The van der Waals surface area contributed by atoms with Gasteiger partial charge in [-0.3, -0.25) is 4.90 Å². The minimum Gasteiger partial charge on any atom is -0.497 e. The standard InChI is InChI=1S/C17H23FN4O2/c1-23-13-2-3-15-16(8-13)21-17(10-20-15)24-14(9-18)11-22-6-4-12(19)5-7-22/h2-3,8,10,12,14H,4-7,9,11,19H2,1H3. The van der Waals surface area contributed by atoms with E-state index in [1.165, 1.54) is 6.20 Å². The number of hydrogen-bond donors (Lipinski definition) is 1. The number of rotatable bonds is 6. The number of benzene rings is 1. The van der Waals surface area contributed by atoms with E-state index >= 15 is 0 Å². The van der Waals surface area contributed by atoms with Crippen LogP contribution in [0.25, 0.3) is 11.0 Å². The number of likely N-dealkylation sites (tertiary alicyclic amines) is 1. The molecule has 1 fully saturated rings. The van der Waals surface area contributed by atoms with Crippen LogP contribution in [0.3, 0.4) is 0 Å². The molecule has 1 aliphatic heterocycles.